The molecule has 3 nitrogen and oxygen atoms in total. The van der Waals surface area contributed by atoms with E-state index in [1.165, 1.54) is 0 Å². The normalized spacial score (nSPS) is 42.5. The molecule has 1 aromatic heterocycles. The first-order valence-corrected chi connectivity index (χ1v) is 4.83. The summed E-state index contributed by atoms with van der Waals surface area (Å²) in [6.45, 7) is 0.310. The Balaban J connectivity index is 1.95. The molecule has 1 aromatic rings. The standard InChI is InChI=1S/C8H9BrN2O/c9-6-1-10-11(2-6)8-3-7(8,4-8)5-12/h1-2,12H,3-5H2. The second-order valence-corrected chi connectivity index (χ2v) is 4.84. The molecule has 0 saturated heterocycles. The van der Waals surface area contributed by atoms with Gasteiger partial charge in [-0.3, -0.25) is 4.68 Å². The van der Waals surface area contributed by atoms with Crippen LogP contribution in [0.15, 0.2) is 16.9 Å². The van der Waals surface area contributed by atoms with E-state index in [1.807, 2.05) is 10.9 Å². The van der Waals surface area contributed by atoms with E-state index >= 15 is 0 Å². The number of aromatic nitrogens is 2. The van der Waals surface area contributed by atoms with Crippen LogP contribution in [0.5, 0.6) is 0 Å². The molecule has 2 aliphatic carbocycles. The van der Waals surface area contributed by atoms with Crippen molar-refractivity contribution < 1.29 is 5.11 Å². The Morgan fingerprint density at radius 1 is 1.67 bits per heavy atom. The SMILES string of the molecule is OCC12CC1(n1cc(Br)cn1)C2. The predicted molar refractivity (Wildman–Crippen MR) is 46.7 cm³/mol. The minimum Gasteiger partial charge on any atom is -0.396 e. The number of halogens is 1. The molecule has 2 saturated carbocycles. The van der Waals surface area contributed by atoms with Gasteiger partial charge >= 0.3 is 0 Å². The molecule has 2 fully saturated rings. The fourth-order valence-electron chi connectivity index (χ4n) is 2.18. The fourth-order valence-corrected chi connectivity index (χ4v) is 2.46. The van der Waals surface area contributed by atoms with Crippen molar-refractivity contribution >= 4 is 15.9 Å². The fraction of sp³-hybridized carbons (Fsp3) is 0.625. The largest absolute Gasteiger partial charge is 0.396 e. The molecule has 12 heavy (non-hydrogen) atoms. The zero-order valence-electron chi connectivity index (χ0n) is 6.50. The Hall–Kier alpha value is -0.350. The van der Waals surface area contributed by atoms with Crippen molar-refractivity contribution in [2.75, 3.05) is 6.61 Å². The van der Waals surface area contributed by atoms with Crippen LogP contribution in [0.3, 0.4) is 0 Å². The van der Waals surface area contributed by atoms with E-state index < -0.39 is 0 Å². The number of rotatable bonds is 2. The average molecular weight is 229 g/mol. The molecule has 0 radical (unpaired) electrons. The topological polar surface area (TPSA) is 38.0 Å². The summed E-state index contributed by atoms with van der Waals surface area (Å²) in [6, 6.07) is 0. The molecular formula is C8H9BrN2O. The van der Waals surface area contributed by atoms with Crippen LogP contribution >= 0.6 is 15.9 Å². The summed E-state index contributed by atoms with van der Waals surface area (Å²) in [5.74, 6) is 0. The summed E-state index contributed by atoms with van der Waals surface area (Å²) in [5.41, 5.74) is 0.409. The highest BCUT2D eigenvalue weighted by Gasteiger charge is 2.84. The summed E-state index contributed by atoms with van der Waals surface area (Å²) in [7, 11) is 0. The summed E-state index contributed by atoms with van der Waals surface area (Å²) < 4.78 is 3.01. The van der Waals surface area contributed by atoms with Crippen molar-refractivity contribution in [2.24, 2.45) is 5.41 Å². The molecule has 0 aromatic carbocycles. The van der Waals surface area contributed by atoms with Gasteiger partial charge in [0.25, 0.3) is 0 Å². The van der Waals surface area contributed by atoms with Gasteiger partial charge in [-0.25, -0.2) is 0 Å². The highest BCUT2D eigenvalue weighted by Crippen LogP contribution is 2.83. The van der Waals surface area contributed by atoms with Gasteiger partial charge in [-0.2, -0.15) is 5.10 Å². The van der Waals surface area contributed by atoms with Crippen molar-refractivity contribution in [1.29, 1.82) is 0 Å². The summed E-state index contributed by atoms with van der Waals surface area (Å²) in [6.07, 6.45) is 5.99. The van der Waals surface area contributed by atoms with Crippen molar-refractivity contribution in [1.82, 2.24) is 9.78 Å². The molecular weight excluding hydrogens is 220 g/mol. The zero-order chi connectivity index (χ0) is 8.40. The molecule has 2 aliphatic rings. The quantitative estimate of drug-likeness (QED) is 0.825. The van der Waals surface area contributed by atoms with Crippen molar-refractivity contribution in [3.05, 3.63) is 16.9 Å². The lowest BCUT2D eigenvalue weighted by molar-refractivity contribution is 0.246. The summed E-state index contributed by atoms with van der Waals surface area (Å²) in [5, 5.41) is 13.3. The van der Waals surface area contributed by atoms with Crippen LogP contribution < -0.4 is 0 Å². The van der Waals surface area contributed by atoms with E-state index in [0.717, 1.165) is 17.3 Å². The smallest absolute Gasteiger partial charge is 0.0721 e. The van der Waals surface area contributed by atoms with Crippen LogP contribution in [0.1, 0.15) is 12.8 Å². The lowest BCUT2D eigenvalue weighted by atomic mass is 10.2. The third kappa shape index (κ3) is 0.601. The number of nitrogens with zero attached hydrogens (tertiary/aromatic N) is 2. The first kappa shape index (κ1) is 7.09. The van der Waals surface area contributed by atoms with Crippen LogP contribution in [0, 0.1) is 5.41 Å². The maximum Gasteiger partial charge on any atom is 0.0721 e. The van der Waals surface area contributed by atoms with E-state index in [1.54, 1.807) is 6.20 Å². The molecule has 64 valence electrons. The minimum atomic E-state index is 0.202. The molecule has 4 heteroatoms. The van der Waals surface area contributed by atoms with Crippen LogP contribution in [0.4, 0.5) is 0 Å². The van der Waals surface area contributed by atoms with Gasteiger partial charge < -0.3 is 5.11 Å². The second kappa shape index (κ2) is 1.77. The van der Waals surface area contributed by atoms with E-state index in [9.17, 15) is 0 Å². The lowest BCUT2D eigenvalue weighted by Gasteiger charge is -2.00. The van der Waals surface area contributed by atoms with Crippen LogP contribution in [-0.2, 0) is 5.54 Å². The number of fused-ring (bicyclic) bond motifs is 1. The molecule has 0 amide bonds. The highest BCUT2D eigenvalue weighted by molar-refractivity contribution is 9.10. The van der Waals surface area contributed by atoms with E-state index in [-0.39, 0.29) is 11.0 Å². The van der Waals surface area contributed by atoms with Gasteiger partial charge in [0.2, 0.25) is 0 Å². The van der Waals surface area contributed by atoms with E-state index in [4.69, 9.17) is 5.11 Å². The van der Waals surface area contributed by atoms with E-state index in [0.29, 0.717) is 6.61 Å². The second-order valence-electron chi connectivity index (χ2n) is 3.93. The molecule has 0 atom stereocenters. The van der Waals surface area contributed by atoms with Gasteiger partial charge in [-0.15, -0.1) is 0 Å². The number of hydrogen-bond donors (Lipinski definition) is 1. The maximum atomic E-state index is 9.09. The van der Waals surface area contributed by atoms with Crippen molar-refractivity contribution in [2.45, 2.75) is 18.4 Å². The van der Waals surface area contributed by atoms with Gasteiger partial charge in [-0.05, 0) is 28.8 Å². The number of hydrogen-bond acceptors (Lipinski definition) is 2. The number of aliphatic hydroxyl groups excluding tert-OH is 1. The summed E-state index contributed by atoms with van der Waals surface area (Å²) >= 11 is 3.36. The Morgan fingerprint density at radius 3 is 2.83 bits per heavy atom. The first-order valence-electron chi connectivity index (χ1n) is 4.04. The van der Waals surface area contributed by atoms with Crippen molar-refractivity contribution in [3.63, 3.8) is 0 Å². The van der Waals surface area contributed by atoms with Crippen LogP contribution in [0.25, 0.3) is 0 Å². The maximum absolute atomic E-state index is 9.09. The van der Waals surface area contributed by atoms with Gasteiger partial charge in [0.1, 0.15) is 0 Å². The van der Waals surface area contributed by atoms with Gasteiger partial charge in [-0.1, -0.05) is 0 Å². The number of aliphatic hydroxyl groups is 1. The molecule has 0 unspecified atom stereocenters. The van der Waals surface area contributed by atoms with Crippen LogP contribution in [-0.4, -0.2) is 21.5 Å². The average Bonchev–Trinajstić information content (AvgIpc) is 2.78. The summed E-state index contributed by atoms with van der Waals surface area (Å²) in [4.78, 5) is 0. The van der Waals surface area contributed by atoms with Gasteiger partial charge in [0.15, 0.2) is 0 Å². The monoisotopic (exact) mass is 228 g/mol. The first-order chi connectivity index (χ1) is 5.72. The Bertz CT molecular complexity index is 341. The molecule has 1 N–H and O–H groups in total. The molecule has 0 bridgehead atoms. The molecule has 0 spiro atoms. The zero-order valence-corrected chi connectivity index (χ0v) is 8.08. The van der Waals surface area contributed by atoms with Crippen LogP contribution in [0.2, 0.25) is 0 Å². The third-order valence-corrected chi connectivity index (χ3v) is 3.70. The predicted octanol–water partition coefficient (Wildman–Crippen LogP) is 1.13. The van der Waals surface area contributed by atoms with Gasteiger partial charge in [0, 0.05) is 11.6 Å². The lowest BCUT2D eigenvalue weighted by Crippen LogP contribution is -2.06. The molecule has 3 rings (SSSR count). The Morgan fingerprint density at radius 2 is 2.42 bits per heavy atom. The third-order valence-electron chi connectivity index (χ3n) is 3.29. The van der Waals surface area contributed by atoms with Gasteiger partial charge in [0.05, 0.1) is 22.8 Å². The van der Waals surface area contributed by atoms with Crippen molar-refractivity contribution in [3.8, 4) is 0 Å². The Labute approximate surface area is 78.5 Å². The molecule has 1 heterocycles. The molecule has 0 aliphatic heterocycles. The Kier molecular flexibility index (Phi) is 1.05. The van der Waals surface area contributed by atoms with E-state index in [2.05, 4.69) is 21.0 Å². The minimum absolute atomic E-state index is 0.202. The highest BCUT2D eigenvalue weighted by atomic mass is 79.9.